The number of carbonyl (C=O) groups is 1. The molecule has 10 heteroatoms. The zero-order valence-corrected chi connectivity index (χ0v) is 19.9. The fourth-order valence-electron chi connectivity index (χ4n) is 3.66. The molecule has 35 heavy (non-hydrogen) atoms. The molecule has 4 rings (SSSR count). The van der Waals surface area contributed by atoms with E-state index in [1.54, 1.807) is 42.5 Å². The van der Waals surface area contributed by atoms with Gasteiger partial charge >= 0.3 is 5.97 Å². The van der Waals surface area contributed by atoms with E-state index in [9.17, 15) is 23.3 Å². The second kappa shape index (κ2) is 9.15. The molecule has 0 aliphatic rings. The number of nitro groups is 1. The van der Waals surface area contributed by atoms with E-state index in [0.29, 0.717) is 5.69 Å². The first-order valence-corrected chi connectivity index (χ1v) is 12.0. The lowest BCUT2D eigenvalue weighted by molar-refractivity contribution is -0.385. The SMILES string of the molecule is Cc1ccc(S(=O)(=O)c2c(C)nn(-c3ccccc3)c2OC(=O)c2cccc([N+](=O)[O-])c2C)cc1. The summed E-state index contributed by atoms with van der Waals surface area (Å²) < 4.78 is 34.1. The average molecular weight is 492 g/mol. The molecule has 0 aliphatic carbocycles. The second-order valence-electron chi connectivity index (χ2n) is 7.88. The summed E-state index contributed by atoms with van der Waals surface area (Å²) in [7, 11) is -4.13. The summed E-state index contributed by atoms with van der Waals surface area (Å²) in [6, 6.07) is 18.9. The maximum Gasteiger partial charge on any atom is 0.345 e. The van der Waals surface area contributed by atoms with Gasteiger partial charge in [0, 0.05) is 11.6 Å². The van der Waals surface area contributed by atoms with Crippen LogP contribution in [0.2, 0.25) is 0 Å². The van der Waals surface area contributed by atoms with Crippen LogP contribution in [0.25, 0.3) is 5.69 Å². The number of nitro benzene ring substituents is 1. The second-order valence-corrected chi connectivity index (χ2v) is 9.77. The van der Waals surface area contributed by atoms with Crippen LogP contribution in [0, 0.1) is 30.9 Å². The van der Waals surface area contributed by atoms with E-state index in [4.69, 9.17) is 4.74 Å². The lowest BCUT2D eigenvalue weighted by Gasteiger charge is -2.12. The largest absolute Gasteiger partial charge is 0.402 e. The van der Waals surface area contributed by atoms with Gasteiger partial charge in [0.25, 0.3) is 5.69 Å². The summed E-state index contributed by atoms with van der Waals surface area (Å²) in [4.78, 5) is 23.7. The van der Waals surface area contributed by atoms with Crippen LogP contribution in [0.1, 0.15) is 27.2 Å². The molecule has 0 atom stereocenters. The van der Waals surface area contributed by atoms with Crippen molar-refractivity contribution in [2.45, 2.75) is 30.6 Å². The number of aromatic nitrogens is 2. The first-order chi connectivity index (χ1) is 16.6. The molecule has 0 saturated heterocycles. The van der Waals surface area contributed by atoms with E-state index in [2.05, 4.69) is 5.10 Å². The fraction of sp³-hybridized carbons (Fsp3) is 0.120. The van der Waals surface area contributed by atoms with Crippen molar-refractivity contribution in [2.75, 3.05) is 0 Å². The zero-order chi connectivity index (χ0) is 25.3. The minimum absolute atomic E-state index is 0.0163. The van der Waals surface area contributed by atoms with Gasteiger partial charge in [-0.15, -0.1) is 0 Å². The third-order valence-corrected chi connectivity index (χ3v) is 7.38. The van der Waals surface area contributed by atoms with Crippen molar-refractivity contribution in [3.05, 3.63) is 105 Å². The first-order valence-electron chi connectivity index (χ1n) is 10.5. The Morgan fingerprint density at radius 3 is 2.23 bits per heavy atom. The molecule has 0 fully saturated rings. The van der Waals surface area contributed by atoms with Crippen molar-refractivity contribution in [1.29, 1.82) is 0 Å². The third-order valence-electron chi connectivity index (χ3n) is 5.48. The van der Waals surface area contributed by atoms with Crippen molar-refractivity contribution >= 4 is 21.5 Å². The molecular formula is C25H21N3O6S. The lowest BCUT2D eigenvalue weighted by Crippen LogP contribution is -2.16. The van der Waals surface area contributed by atoms with Crippen LogP contribution in [0.5, 0.6) is 5.88 Å². The Morgan fingerprint density at radius 1 is 0.943 bits per heavy atom. The van der Waals surface area contributed by atoms with Crippen LogP contribution >= 0.6 is 0 Å². The Bertz CT molecular complexity index is 1540. The minimum Gasteiger partial charge on any atom is -0.402 e. The molecule has 178 valence electrons. The van der Waals surface area contributed by atoms with Crippen molar-refractivity contribution < 1.29 is 22.9 Å². The maximum absolute atomic E-state index is 13.6. The van der Waals surface area contributed by atoms with E-state index >= 15 is 0 Å². The molecule has 0 bridgehead atoms. The summed E-state index contributed by atoms with van der Waals surface area (Å²) in [5.74, 6) is -1.24. The summed E-state index contributed by atoms with van der Waals surface area (Å²) >= 11 is 0. The van der Waals surface area contributed by atoms with Crippen molar-refractivity contribution in [1.82, 2.24) is 9.78 Å². The Morgan fingerprint density at radius 2 is 1.60 bits per heavy atom. The predicted octanol–water partition coefficient (Wildman–Crippen LogP) is 4.76. The van der Waals surface area contributed by atoms with Gasteiger partial charge in [-0.3, -0.25) is 10.1 Å². The molecule has 0 saturated carbocycles. The van der Waals surface area contributed by atoms with Crippen LogP contribution in [0.4, 0.5) is 5.69 Å². The van der Waals surface area contributed by atoms with E-state index in [1.165, 1.54) is 48.9 Å². The standard InChI is InChI=1S/C25H21N3O6S/c1-16-12-14-20(15-13-16)35(32,33)23-18(3)26-27(19-8-5-4-6-9-19)24(23)34-25(29)21-10-7-11-22(17(21)2)28(30)31/h4-15H,1-3H3. The van der Waals surface area contributed by atoms with Crippen LogP contribution < -0.4 is 4.74 Å². The fourth-order valence-corrected chi connectivity index (χ4v) is 5.17. The van der Waals surface area contributed by atoms with Crippen molar-refractivity contribution in [3.63, 3.8) is 0 Å². The number of carbonyl (C=O) groups excluding carboxylic acids is 1. The highest BCUT2D eigenvalue weighted by Crippen LogP contribution is 2.35. The number of sulfone groups is 1. The number of rotatable bonds is 6. The molecule has 0 unspecified atom stereocenters. The number of nitrogens with zero attached hydrogens (tertiary/aromatic N) is 3. The van der Waals surface area contributed by atoms with E-state index in [0.717, 1.165) is 5.56 Å². The van der Waals surface area contributed by atoms with Gasteiger partial charge in [0.2, 0.25) is 15.7 Å². The van der Waals surface area contributed by atoms with Gasteiger partial charge in [0.1, 0.15) is 0 Å². The predicted molar refractivity (Wildman–Crippen MR) is 128 cm³/mol. The van der Waals surface area contributed by atoms with Crippen LogP contribution in [-0.2, 0) is 9.84 Å². The van der Waals surface area contributed by atoms with Gasteiger partial charge < -0.3 is 4.74 Å². The maximum atomic E-state index is 13.6. The molecule has 1 aromatic heterocycles. The average Bonchev–Trinajstić information content (AvgIpc) is 3.16. The van der Waals surface area contributed by atoms with E-state index in [-0.39, 0.29) is 38.2 Å². The zero-order valence-electron chi connectivity index (χ0n) is 19.1. The van der Waals surface area contributed by atoms with Crippen LogP contribution in [0.15, 0.2) is 82.6 Å². The van der Waals surface area contributed by atoms with Gasteiger partial charge in [-0.1, -0.05) is 42.0 Å². The molecule has 0 N–H and O–H groups in total. The molecule has 1 heterocycles. The van der Waals surface area contributed by atoms with E-state index < -0.39 is 20.7 Å². The number of aryl methyl sites for hydroxylation is 2. The molecule has 0 radical (unpaired) electrons. The highest BCUT2D eigenvalue weighted by molar-refractivity contribution is 7.91. The monoisotopic (exact) mass is 491 g/mol. The number of ether oxygens (including phenoxy) is 1. The molecule has 0 spiro atoms. The Labute approximate surface area is 201 Å². The van der Waals surface area contributed by atoms with Gasteiger partial charge in [0.05, 0.1) is 26.8 Å². The quantitative estimate of drug-likeness (QED) is 0.217. The normalized spacial score (nSPS) is 11.3. The summed E-state index contributed by atoms with van der Waals surface area (Å²) in [6.07, 6.45) is 0. The lowest BCUT2D eigenvalue weighted by atomic mass is 10.1. The summed E-state index contributed by atoms with van der Waals surface area (Å²) in [6.45, 7) is 4.78. The minimum atomic E-state index is -4.13. The summed E-state index contributed by atoms with van der Waals surface area (Å²) in [5.41, 5.74) is 1.28. The van der Waals surface area contributed by atoms with E-state index in [1.807, 2.05) is 6.92 Å². The van der Waals surface area contributed by atoms with Gasteiger partial charge in [-0.25, -0.2) is 13.2 Å². The number of esters is 1. The van der Waals surface area contributed by atoms with Crippen molar-refractivity contribution in [2.24, 2.45) is 0 Å². The van der Waals surface area contributed by atoms with Crippen LogP contribution in [0.3, 0.4) is 0 Å². The molecule has 0 amide bonds. The molecule has 9 nitrogen and oxygen atoms in total. The van der Waals surface area contributed by atoms with Gasteiger partial charge in [-0.05, 0) is 51.1 Å². The number of benzene rings is 3. The number of para-hydroxylation sites is 1. The first kappa shape index (κ1) is 23.8. The van der Waals surface area contributed by atoms with Crippen LogP contribution in [-0.4, -0.2) is 29.1 Å². The molecule has 3 aromatic carbocycles. The van der Waals surface area contributed by atoms with Gasteiger partial charge in [-0.2, -0.15) is 9.78 Å². The van der Waals surface area contributed by atoms with Gasteiger partial charge in [0.15, 0.2) is 4.90 Å². The number of hydrogen-bond acceptors (Lipinski definition) is 7. The highest BCUT2D eigenvalue weighted by Gasteiger charge is 2.33. The Kier molecular flexibility index (Phi) is 6.23. The number of hydrogen-bond donors (Lipinski definition) is 0. The Hall–Kier alpha value is -4.31. The summed E-state index contributed by atoms with van der Waals surface area (Å²) in [5, 5.41) is 15.7. The topological polar surface area (TPSA) is 121 Å². The third kappa shape index (κ3) is 4.43. The molecule has 0 aliphatic heterocycles. The molecular weight excluding hydrogens is 470 g/mol. The van der Waals surface area contributed by atoms with Crippen molar-refractivity contribution in [3.8, 4) is 11.6 Å². The Balaban J connectivity index is 1.90. The smallest absolute Gasteiger partial charge is 0.345 e. The molecule has 4 aromatic rings. The highest BCUT2D eigenvalue weighted by atomic mass is 32.2.